The lowest BCUT2D eigenvalue weighted by atomic mass is 10.0. The number of hydrogen-bond donors (Lipinski definition) is 1. The topological polar surface area (TPSA) is 49.4 Å². The fourth-order valence-corrected chi connectivity index (χ4v) is 4.01. The van der Waals surface area contributed by atoms with Gasteiger partial charge in [-0.1, -0.05) is 83.3 Å². The second-order valence-corrected chi connectivity index (χ2v) is 8.65. The average molecular weight is 490 g/mol. The highest BCUT2D eigenvalue weighted by Crippen LogP contribution is 2.25. The van der Waals surface area contributed by atoms with E-state index in [1.54, 1.807) is 48.3 Å². The fraction of sp³-hybridized carbons (Fsp3) is 0.200. The van der Waals surface area contributed by atoms with Gasteiger partial charge in [-0.05, 0) is 41.0 Å². The smallest absolute Gasteiger partial charge is 0.242 e. The molecule has 3 rings (SSSR count). The molecule has 0 unspecified atom stereocenters. The molecule has 0 aliphatic heterocycles. The Hall–Kier alpha value is -2.53. The van der Waals surface area contributed by atoms with Crippen molar-refractivity contribution in [2.75, 3.05) is 7.05 Å². The van der Waals surface area contributed by atoms with Crippen LogP contribution < -0.4 is 5.32 Å². The van der Waals surface area contributed by atoms with Crippen LogP contribution >= 0.6 is 34.8 Å². The Bertz CT molecular complexity index is 1090. The summed E-state index contributed by atoms with van der Waals surface area (Å²) in [5.41, 5.74) is 2.51. The minimum atomic E-state index is -0.705. The number of halogens is 3. The van der Waals surface area contributed by atoms with Crippen LogP contribution in [0.2, 0.25) is 15.1 Å². The van der Waals surface area contributed by atoms with Crippen molar-refractivity contribution in [3.8, 4) is 0 Å². The van der Waals surface area contributed by atoms with E-state index >= 15 is 0 Å². The maximum absolute atomic E-state index is 13.5. The van der Waals surface area contributed by atoms with Gasteiger partial charge in [0.05, 0.1) is 16.5 Å². The number of likely N-dealkylation sites (N-methyl/N-ethyl adjacent to an activating group) is 1. The number of nitrogens with zero attached hydrogens (tertiary/aromatic N) is 1. The molecule has 0 bridgehead atoms. The molecule has 32 heavy (non-hydrogen) atoms. The molecule has 7 heteroatoms. The van der Waals surface area contributed by atoms with Crippen molar-refractivity contribution < 1.29 is 9.59 Å². The van der Waals surface area contributed by atoms with Crippen molar-refractivity contribution in [1.29, 1.82) is 0 Å². The van der Waals surface area contributed by atoms with E-state index in [9.17, 15) is 9.59 Å². The molecule has 0 aliphatic rings. The van der Waals surface area contributed by atoms with Crippen molar-refractivity contribution in [2.24, 2.45) is 0 Å². The molecule has 0 heterocycles. The summed E-state index contributed by atoms with van der Waals surface area (Å²) in [6, 6.07) is 21.3. The van der Waals surface area contributed by atoms with Crippen LogP contribution in [-0.2, 0) is 29.0 Å². The van der Waals surface area contributed by atoms with Crippen molar-refractivity contribution >= 4 is 46.6 Å². The first-order valence-corrected chi connectivity index (χ1v) is 11.2. The molecule has 1 atom stereocenters. The highest BCUT2D eigenvalue weighted by molar-refractivity contribution is 6.42. The summed E-state index contributed by atoms with van der Waals surface area (Å²) in [5.74, 6) is -0.434. The average Bonchev–Trinajstić information content (AvgIpc) is 2.78. The van der Waals surface area contributed by atoms with E-state index in [2.05, 4.69) is 5.32 Å². The zero-order valence-electron chi connectivity index (χ0n) is 17.5. The number of hydrogen-bond acceptors (Lipinski definition) is 2. The number of amides is 2. The lowest BCUT2D eigenvalue weighted by Crippen LogP contribution is -2.50. The van der Waals surface area contributed by atoms with E-state index < -0.39 is 6.04 Å². The Morgan fingerprint density at radius 3 is 2.22 bits per heavy atom. The van der Waals surface area contributed by atoms with Gasteiger partial charge in [0.2, 0.25) is 11.8 Å². The summed E-state index contributed by atoms with van der Waals surface area (Å²) < 4.78 is 0. The predicted octanol–water partition coefficient (Wildman–Crippen LogP) is 5.58. The van der Waals surface area contributed by atoms with Crippen LogP contribution in [0.4, 0.5) is 0 Å². The zero-order chi connectivity index (χ0) is 23.1. The number of rotatable bonds is 8. The Morgan fingerprint density at radius 2 is 1.56 bits per heavy atom. The van der Waals surface area contributed by atoms with Crippen molar-refractivity contribution in [1.82, 2.24) is 10.2 Å². The SMILES string of the molecule is CNC(=O)[C@H](Cc1ccccc1)N(Cc1ccc(Cl)c(Cl)c1)C(=O)Cc1cccc(Cl)c1. The normalized spacial score (nSPS) is 11.6. The van der Waals surface area contributed by atoms with Gasteiger partial charge in [-0.25, -0.2) is 0 Å². The Balaban J connectivity index is 1.96. The van der Waals surface area contributed by atoms with Gasteiger partial charge in [0.1, 0.15) is 6.04 Å². The molecule has 0 fully saturated rings. The first kappa shape index (κ1) is 24.1. The Labute approximate surface area is 203 Å². The van der Waals surface area contributed by atoms with Crippen LogP contribution in [0.5, 0.6) is 0 Å². The van der Waals surface area contributed by atoms with Gasteiger partial charge in [-0.15, -0.1) is 0 Å². The van der Waals surface area contributed by atoms with Gasteiger partial charge in [0.25, 0.3) is 0 Å². The molecular formula is C25H23Cl3N2O2. The van der Waals surface area contributed by atoms with Crippen LogP contribution in [0.1, 0.15) is 16.7 Å². The number of benzene rings is 3. The highest BCUT2D eigenvalue weighted by atomic mass is 35.5. The third kappa shape index (κ3) is 6.49. The molecular weight excluding hydrogens is 467 g/mol. The van der Waals surface area contributed by atoms with Gasteiger partial charge in [-0.2, -0.15) is 0 Å². The zero-order valence-corrected chi connectivity index (χ0v) is 19.8. The van der Waals surface area contributed by atoms with Gasteiger partial charge in [-0.3, -0.25) is 9.59 Å². The molecule has 3 aromatic carbocycles. The van der Waals surface area contributed by atoms with Gasteiger partial charge >= 0.3 is 0 Å². The van der Waals surface area contributed by atoms with E-state index in [1.165, 1.54) is 0 Å². The quantitative estimate of drug-likeness (QED) is 0.449. The molecule has 0 spiro atoms. The molecule has 0 aliphatic carbocycles. The lowest BCUT2D eigenvalue weighted by Gasteiger charge is -2.31. The Kier molecular flexibility index (Phi) is 8.57. The molecule has 2 amide bonds. The summed E-state index contributed by atoms with van der Waals surface area (Å²) in [7, 11) is 1.57. The third-order valence-corrected chi connectivity index (χ3v) is 6.07. The van der Waals surface area contributed by atoms with Crippen molar-refractivity contribution in [3.05, 3.63) is 105 Å². The van der Waals surface area contributed by atoms with Crippen LogP contribution in [-0.4, -0.2) is 29.8 Å². The molecule has 1 N–H and O–H groups in total. The highest BCUT2D eigenvalue weighted by Gasteiger charge is 2.30. The van der Waals surface area contributed by atoms with Crippen LogP contribution in [0.25, 0.3) is 0 Å². The molecule has 0 saturated heterocycles. The summed E-state index contributed by atoms with van der Waals surface area (Å²) in [6.07, 6.45) is 0.493. The standard InChI is InChI=1S/C25H23Cl3N2O2/c1-29-25(32)23(14-17-6-3-2-4-7-17)30(16-19-10-11-21(27)22(28)13-19)24(31)15-18-8-5-9-20(26)12-18/h2-13,23H,14-16H2,1H3,(H,29,32)/t23-/m0/s1. The number of nitrogens with one attached hydrogen (secondary N) is 1. The monoisotopic (exact) mass is 488 g/mol. The molecule has 4 nitrogen and oxygen atoms in total. The van der Waals surface area contributed by atoms with Crippen molar-refractivity contribution in [2.45, 2.75) is 25.4 Å². The summed E-state index contributed by atoms with van der Waals surface area (Å²) in [4.78, 5) is 28.0. The molecule has 0 saturated carbocycles. The van der Waals surface area contributed by atoms with Crippen molar-refractivity contribution in [3.63, 3.8) is 0 Å². The van der Waals surface area contributed by atoms with Gasteiger partial charge in [0, 0.05) is 25.0 Å². The molecule has 3 aromatic rings. The number of carbonyl (C=O) groups excluding carboxylic acids is 2. The fourth-order valence-electron chi connectivity index (χ4n) is 3.48. The van der Waals surface area contributed by atoms with Gasteiger partial charge < -0.3 is 10.2 Å². The maximum atomic E-state index is 13.5. The van der Waals surface area contributed by atoms with E-state index in [4.69, 9.17) is 34.8 Å². The summed E-state index contributed by atoms with van der Waals surface area (Å²) in [6.45, 7) is 0.210. The van der Waals surface area contributed by atoms with Crippen LogP contribution in [0.3, 0.4) is 0 Å². The van der Waals surface area contributed by atoms with E-state index in [0.29, 0.717) is 21.5 Å². The second-order valence-electron chi connectivity index (χ2n) is 7.40. The maximum Gasteiger partial charge on any atom is 0.242 e. The molecule has 0 radical (unpaired) electrons. The predicted molar refractivity (Wildman–Crippen MR) is 130 cm³/mol. The van der Waals surface area contributed by atoms with E-state index in [1.807, 2.05) is 36.4 Å². The van der Waals surface area contributed by atoms with Gasteiger partial charge in [0.15, 0.2) is 0 Å². The Morgan fingerprint density at radius 1 is 0.844 bits per heavy atom. The first-order valence-electron chi connectivity index (χ1n) is 10.1. The molecule has 0 aromatic heterocycles. The summed E-state index contributed by atoms with van der Waals surface area (Å²) >= 11 is 18.3. The van der Waals surface area contributed by atoms with E-state index in [-0.39, 0.29) is 24.8 Å². The summed E-state index contributed by atoms with van der Waals surface area (Å²) in [5, 5.41) is 4.08. The first-order chi connectivity index (χ1) is 15.4. The number of carbonyl (C=O) groups is 2. The third-order valence-electron chi connectivity index (χ3n) is 5.10. The largest absolute Gasteiger partial charge is 0.357 e. The second kappa shape index (κ2) is 11.4. The minimum Gasteiger partial charge on any atom is -0.357 e. The molecule has 166 valence electrons. The van der Waals surface area contributed by atoms with Crippen LogP contribution in [0, 0.1) is 0 Å². The minimum absolute atomic E-state index is 0.115. The lowest BCUT2D eigenvalue weighted by molar-refractivity contribution is -0.140. The van der Waals surface area contributed by atoms with Crippen LogP contribution in [0.15, 0.2) is 72.8 Å². The van der Waals surface area contributed by atoms with E-state index in [0.717, 1.165) is 16.7 Å².